The first kappa shape index (κ1) is 14.8. The van der Waals surface area contributed by atoms with Gasteiger partial charge in [0.05, 0.1) is 20.3 Å². The highest BCUT2D eigenvalue weighted by Crippen LogP contribution is 2.29. The van der Waals surface area contributed by atoms with Crippen LogP contribution in [0, 0.1) is 6.92 Å². The minimum atomic E-state index is -0.350. The summed E-state index contributed by atoms with van der Waals surface area (Å²) >= 11 is 0. The molecule has 7 nitrogen and oxygen atoms in total. The van der Waals surface area contributed by atoms with Gasteiger partial charge in [-0.05, 0) is 32.0 Å². The number of H-pyrrole nitrogens is 1. The van der Waals surface area contributed by atoms with Crippen LogP contribution in [0.1, 0.15) is 35.0 Å². The molecule has 0 aliphatic carbocycles. The molecule has 112 valence electrons. The Bertz CT molecular complexity index is 639. The first-order valence-electron chi connectivity index (χ1n) is 6.47. The predicted molar refractivity (Wildman–Crippen MR) is 76.5 cm³/mol. The lowest BCUT2D eigenvalue weighted by atomic mass is 10.1. The van der Waals surface area contributed by atoms with Crippen molar-refractivity contribution in [2.75, 3.05) is 14.2 Å². The van der Waals surface area contributed by atoms with Crippen molar-refractivity contribution in [2.45, 2.75) is 19.9 Å². The van der Waals surface area contributed by atoms with Gasteiger partial charge >= 0.3 is 0 Å². The van der Waals surface area contributed by atoms with Crippen LogP contribution in [-0.4, -0.2) is 35.3 Å². The van der Waals surface area contributed by atoms with Gasteiger partial charge in [0.1, 0.15) is 17.3 Å². The topological polar surface area (TPSA) is 89.1 Å². The SMILES string of the molecule is COc1ccc(OC)c(C(C)NC(=O)c2n[nH]c(C)n2)c1. The normalized spacial score (nSPS) is 11.8. The lowest BCUT2D eigenvalue weighted by Gasteiger charge is -2.17. The number of aryl methyl sites for hydroxylation is 1. The van der Waals surface area contributed by atoms with Crippen LogP contribution in [0.4, 0.5) is 0 Å². The molecule has 2 N–H and O–H groups in total. The molecule has 0 bridgehead atoms. The Hall–Kier alpha value is -2.57. The molecule has 0 saturated heterocycles. The lowest BCUT2D eigenvalue weighted by molar-refractivity contribution is 0.0929. The average Bonchev–Trinajstić information content (AvgIpc) is 2.93. The van der Waals surface area contributed by atoms with Crippen LogP contribution < -0.4 is 14.8 Å². The standard InChI is InChI=1S/C14H18N4O3/c1-8(15-14(19)13-16-9(2)17-18-13)11-7-10(20-3)5-6-12(11)21-4/h5-8H,1-4H3,(H,15,19)(H,16,17,18). The van der Waals surface area contributed by atoms with Crippen molar-refractivity contribution >= 4 is 5.91 Å². The molecule has 1 heterocycles. The fourth-order valence-corrected chi connectivity index (χ4v) is 1.96. The van der Waals surface area contributed by atoms with Crippen molar-refractivity contribution in [3.63, 3.8) is 0 Å². The van der Waals surface area contributed by atoms with Gasteiger partial charge in [-0.1, -0.05) is 0 Å². The molecule has 0 saturated carbocycles. The number of rotatable bonds is 5. The third-order valence-corrected chi connectivity index (χ3v) is 3.05. The van der Waals surface area contributed by atoms with Crippen LogP contribution >= 0.6 is 0 Å². The average molecular weight is 290 g/mol. The van der Waals surface area contributed by atoms with E-state index in [1.807, 2.05) is 13.0 Å². The zero-order valence-electron chi connectivity index (χ0n) is 12.4. The highest BCUT2D eigenvalue weighted by atomic mass is 16.5. The first-order chi connectivity index (χ1) is 10.0. The fraction of sp³-hybridized carbons (Fsp3) is 0.357. The maximum absolute atomic E-state index is 12.1. The molecule has 2 aromatic rings. The number of carbonyl (C=O) groups excluding carboxylic acids is 1. The molecule has 1 atom stereocenters. The summed E-state index contributed by atoms with van der Waals surface area (Å²) in [5, 5.41) is 9.30. The predicted octanol–water partition coefficient (Wildman–Crippen LogP) is 1.62. The summed E-state index contributed by atoms with van der Waals surface area (Å²) in [6, 6.07) is 5.15. The van der Waals surface area contributed by atoms with Gasteiger partial charge in [0.2, 0.25) is 5.82 Å². The van der Waals surface area contributed by atoms with Crippen LogP contribution in [0.25, 0.3) is 0 Å². The summed E-state index contributed by atoms with van der Waals surface area (Å²) in [5.74, 6) is 1.72. The number of ether oxygens (including phenoxy) is 2. The Kier molecular flexibility index (Phi) is 4.42. The van der Waals surface area contributed by atoms with E-state index in [0.29, 0.717) is 17.3 Å². The second-order valence-corrected chi connectivity index (χ2v) is 4.55. The van der Waals surface area contributed by atoms with E-state index in [9.17, 15) is 4.79 Å². The van der Waals surface area contributed by atoms with E-state index in [-0.39, 0.29) is 17.8 Å². The first-order valence-corrected chi connectivity index (χ1v) is 6.47. The summed E-state index contributed by atoms with van der Waals surface area (Å²) in [6.07, 6.45) is 0. The monoisotopic (exact) mass is 290 g/mol. The molecule has 0 aliphatic rings. The van der Waals surface area contributed by atoms with E-state index in [0.717, 1.165) is 5.56 Å². The molecule has 21 heavy (non-hydrogen) atoms. The molecule has 1 amide bonds. The number of nitrogens with zero attached hydrogens (tertiary/aromatic N) is 2. The zero-order valence-corrected chi connectivity index (χ0v) is 12.4. The van der Waals surface area contributed by atoms with Crippen LogP contribution in [0.2, 0.25) is 0 Å². The van der Waals surface area contributed by atoms with Gasteiger partial charge < -0.3 is 14.8 Å². The van der Waals surface area contributed by atoms with Crippen molar-refractivity contribution in [3.05, 3.63) is 35.4 Å². The highest BCUT2D eigenvalue weighted by Gasteiger charge is 2.18. The second-order valence-electron chi connectivity index (χ2n) is 4.55. The van der Waals surface area contributed by atoms with Gasteiger partial charge in [-0.2, -0.15) is 0 Å². The number of methoxy groups -OCH3 is 2. The van der Waals surface area contributed by atoms with Crippen LogP contribution in [0.15, 0.2) is 18.2 Å². The molecule has 1 unspecified atom stereocenters. The molecule has 7 heteroatoms. The molecule has 0 aliphatic heterocycles. The number of carbonyl (C=O) groups is 1. The quantitative estimate of drug-likeness (QED) is 0.873. The molecule has 0 spiro atoms. The van der Waals surface area contributed by atoms with Crippen LogP contribution in [0.5, 0.6) is 11.5 Å². The Morgan fingerprint density at radius 3 is 2.67 bits per heavy atom. The second kappa shape index (κ2) is 6.25. The van der Waals surface area contributed by atoms with Gasteiger partial charge in [0, 0.05) is 5.56 Å². The van der Waals surface area contributed by atoms with E-state index in [1.165, 1.54) is 0 Å². The number of hydrogen-bond acceptors (Lipinski definition) is 5. The number of nitrogens with one attached hydrogen (secondary N) is 2. The fourth-order valence-electron chi connectivity index (χ4n) is 1.96. The number of aromatic nitrogens is 3. The number of benzene rings is 1. The molecule has 2 rings (SSSR count). The Labute approximate surface area is 122 Å². The molecule has 0 fully saturated rings. The smallest absolute Gasteiger partial charge is 0.291 e. The van der Waals surface area contributed by atoms with Crippen molar-refractivity contribution < 1.29 is 14.3 Å². The van der Waals surface area contributed by atoms with Gasteiger partial charge in [0.25, 0.3) is 5.91 Å². The van der Waals surface area contributed by atoms with Gasteiger partial charge in [0.15, 0.2) is 0 Å². The van der Waals surface area contributed by atoms with Gasteiger partial charge in [-0.15, -0.1) is 5.10 Å². The molecule has 1 aromatic heterocycles. The number of amides is 1. The van der Waals surface area contributed by atoms with E-state index in [1.54, 1.807) is 33.3 Å². The summed E-state index contributed by atoms with van der Waals surface area (Å²) in [4.78, 5) is 16.1. The highest BCUT2D eigenvalue weighted by molar-refractivity contribution is 5.90. The lowest BCUT2D eigenvalue weighted by Crippen LogP contribution is -2.28. The largest absolute Gasteiger partial charge is 0.497 e. The maximum atomic E-state index is 12.1. The van der Waals surface area contributed by atoms with Crippen molar-refractivity contribution in [1.82, 2.24) is 20.5 Å². The third kappa shape index (κ3) is 3.31. The minimum Gasteiger partial charge on any atom is -0.497 e. The summed E-state index contributed by atoms with van der Waals surface area (Å²) < 4.78 is 10.5. The third-order valence-electron chi connectivity index (χ3n) is 3.05. The van der Waals surface area contributed by atoms with Crippen molar-refractivity contribution in [2.24, 2.45) is 0 Å². The Balaban J connectivity index is 2.19. The maximum Gasteiger partial charge on any atom is 0.291 e. The van der Waals surface area contributed by atoms with Crippen LogP contribution in [-0.2, 0) is 0 Å². The molecule has 1 aromatic carbocycles. The van der Waals surface area contributed by atoms with Gasteiger partial charge in [-0.25, -0.2) is 4.98 Å². The summed E-state index contributed by atoms with van der Waals surface area (Å²) in [7, 11) is 3.17. The van der Waals surface area contributed by atoms with Crippen molar-refractivity contribution in [3.8, 4) is 11.5 Å². The molecular formula is C14H18N4O3. The summed E-state index contributed by atoms with van der Waals surface area (Å²) in [5.41, 5.74) is 0.817. The molecule has 0 radical (unpaired) electrons. The zero-order chi connectivity index (χ0) is 15.4. The van der Waals surface area contributed by atoms with Gasteiger partial charge in [-0.3, -0.25) is 9.89 Å². The van der Waals surface area contributed by atoms with E-state index in [4.69, 9.17) is 9.47 Å². The molecular weight excluding hydrogens is 272 g/mol. The number of hydrogen-bond donors (Lipinski definition) is 2. The van der Waals surface area contributed by atoms with Crippen molar-refractivity contribution in [1.29, 1.82) is 0 Å². The van der Waals surface area contributed by atoms with E-state index < -0.39 is 0 Å². The Morgan fingerprint density at radius 2 is 2.10 bits per heavy atom. The number of aromatic amines is 1. The van der Waals surface area contributed by atoms with E-state index in [2.05, 4.69) is 20.5 Å². The minimum absolute atomic E-state index is 0.112. The Morgan fingerprint density at radius 1 is 1.33 bits per heavy atom. The van der Waals surface area contributed by atoms with Crippen LogP contribution in [0.3, 0.4) is 0 Å². The summed E-state index contributed by atoms with van der Waals surface area (Å²) in [6.45, 7) is 3.59. The van der Waals surface area contributed by atoms with E-state index >= 15 is 0 Å².